The van der Waals surface area contributed by atoms with E-state index in [2.05, 4.69) is 4.74 Å². The highest BCUT2D eigenvalue weighted by molar-refractivity contribution is 5.81. The second-order valence-corrected chi connectivity index (χ2v) is 4.15. The third-order valence-corrected chi connectivity index (χ3v) is 2.95. The summed E-state index contributed by atoms with van der Waals surface area (Å²) in [7, 11) is 3.14. The van der Waals surface area contributed by atoms with Crippen molar-refractivity contribution in [3.05, 3.63) is 0 Å². The normalized spacial score (nSPS) is 15.6. The Morgan fingerprint density at radius 1 is 1.33 bits per heavy atom. The van der Waals surface area contributed by atoms with Gasteiger partial charge in [-0.3, -0.25) is 9.59 Å². The zero-order valence-electron chi connectivity index (χ0n) is 9.49. The van der Waals surface area contributed by atoms with Gasteiger partial charge in [-0.15, -0.1) is 0 Å². The van der Waals surface area contributed by atoms with Gasteiger partial charge in [-0.2, -0.15) is 0 Å². The molecule has 86 valence electrons. The molecular weight excluding hydrogens is 194 g/mol. The molecule has 15 heavy (non-hydrogen) atoms. The maximum absolute atomic E-state index is 11.6. The zero-order chi connectivity index (χ0) is 11.3. The van der Waals surface area contributed by atoms with Crippen molar-refractivity contribution in [1.29, 1.82) is 0 Å². The fourth-order valence-electron chi connectivity index (χ4n) is 1.67. The number of nitrogens with zero attached hydrogens (tertiary/aromatic N) is 1. The summed E-state index contributed by atoms with van der Waals surface area (Å²) >= 11 is 0. The van der Waals surface area contributed by atoms with E-state index in [4.69, 9.17) is 0 Å². The van der Waals surface area contributed by atoms with Gasteiger partial charge < -0.3 is 9.64 Å². The van der Waals surface area contributed by atoms with Crippen LogP contribution in [0.2, 0.25) is 0 Å². The van der Waals surface area contributed by atoms with Gasteiger partial charge in [0.05, 0.1) is 13.5 Å². The number of carbonyl (C=O) groups excluding carboxylic acids is 2. The summed E-state index contributed by atoms with van der Waals surface area (Å²) < 4.78 is 4.48. The summed E-state index contributed by atoms with van der Waals surface area (Å²) in [6.45, 7) is 0.833. The summed E-state index contributed by atoms with van der Waals surface area (Å²) in [5.41, 5.74) is 0. The van der Waals surface area contributed by atoms with E-state index in [0.29, 0.717) is 5.92 Å². The SMILES string of the molecule is COC(=O)CCC(=O)N(C)CC1CCC1. The van der Waals surface area contributed by atoms with Crippen LogP contribution < -0.4 is 0 Å². The molecule has 0 unspecified atom stereocenters. The number of methoxy groups -OCH3 is 1. The molecule has 0 aromatic heterocycles. The molecule has 0 aromatic rings. The van der Waals surface area contributed by atoms with E-state index in [9.17, 15) is 9.59 Å². The van der Waals surface area contributed by atoms with Crippen LogP contribution in [-0.4, -0.2) is 37.5 Å². The molecule has 4 heteroatoms. The molecular formula is C11H19NO3. The zero-order valence-corrected chi connectivity index (χ0v) is 9.49. The summed E-state index contributed by atoms with van der Waals surface area (Å²) in [6, 6.07) is 0. The first-order valence-electron chi connectivity index (χ1n) is 5.44. The first kappa shape index (κ1) is 12.0. The molecule has 0 aromatic carbocycles. The highest BCUT2D eigenvalue weighted by Crippen LogP contribution is 2.26. The van der Waals surface area contributed by atoms with Crippen LogP contribution >= 0.6 is 0 Å². The van der Waals surface area contributed by atoms with Crippen LogP contribution in [0.5, 0.6) is 0 Å². The van der Waals surface area contributed by atoms with Crippen LogP contribution in [0.3, 0.4) is 0 Å². The molecule has 1 aliphatic carbocycles. The summed E-state index contributed by atoms with van der Waals surface area (Å²) in [4.78, 5) is 24.1. The quantitative estimate of drug-likeness (QED) is 0.645. The van der Waals surface area contributed by atoms with Gasteiger partial charge in [-0.25, -0.2) is 0 Å². The van der Waals surface area contributed by atoms with Crippen LogP contribution in [0.15, 0.2) is 0 Å². The average Bonchev–Trinajstić information content (AvgIpc) is 2.18. The Bertz CT molecular complexity index is 236. The maximum atomic E-state index is 11.6. The van der Waals surface area contributed by atoms with Gasteiger partial charge >= 0.3 is 5.97 Å². The lowest BCUT2D eigenvalue weighted by atomic mass is 9.85. The lowest BCUT2D eigenvalue weighted by molar-refractivity contribution is -0.143. The third-order valence-electron chi connectivity index (χ3n) is 2.95. The van der Waals surface area contributed by atoms with Crippen molar-refractivity contribution in [3.8, 4) is 0 Å². The number of ether oxygens (including phenoxy) is 1. The number of esters is 1. The van der Waals surface area contributed by atoms with E-state index in [1.54, 1.807) is 11.9 Å². The fourth-order valence-corrected chi connectivity index (χ4v) is 1.67. The van der Waals surface area contributed by atoms with E-state index in [1.807, 2.05) is 0 Å². The lowest BCUT2D eigenvalue weighted by Gasteiger charge is -2.30. The first-order chi connectivity index (χ1) is 7.13. The number of carbonyl (C=O) groups is 2. The topological polar surface area (TPSA) is 46.6 Å². The number of hydrogen-bond donors (Lipinski definition) is 0. The van der Waals surface area contributed by atoms with Crippen molar-refractivity contribution in [1.82, 2.24) is 4.90 Å². The molecule has 0 N–H and O–H groups in total. The fraction of sp³-hybridized carbons (Fsp3) is 0.818. The summed E-state index contributed by atoms with van der Waals surface area (Å²) in [6.07, 6.45) is 4.19. The van der Waals surface area contributed by atoms with Crippen molar-refractivity contribution in [2.45, 2.75) is 32.1 Å². The third kappa shape index (κ3) is 3.90. The molecule has 1 saturated carbocycles. The Hall–Kier alpha value is -1.06. The number of rotatable bonds is 5. The van der Waals surface area contributed by atoms with Crippen LogP contribution in [0.25, 0.3) is 0 Å². The van der Waals surface area contributed by atoms with Gasteiger partial charge in [0.1, 0.15) is 0 Å². The molecule has 0 aliphatic heterocycles. The van der Waals surface area contributed by atoms with Crippen LogP contribution in [-0.2, 0) is 14.3 Å². The Kier molecular flexibility index (Phi) is 4.59. The average molecular weight is 213 g/mol. The number of amides is 1. The Morgan fingerprint density at radius 3 is 2.47 bits per heavy atom. The van der Waals surface area contributed by atoms with Crippen molar-refractivity contribution in [2.75, 3.05) is 20.7 Å². The molecule has 0 heterocycles. The molecule has 1 aliphatic rings. The van der Waals surface area contributed by atoms with E-state index >= 15 is 0 Å². The minimum absolute atomic E-state index is 0.0345. The number of hydrogen-bond acceptors (Lipinski definition) is 3. The highest BCUT2D eigenvalue weighted by atomic mass is 16.5. The Morgan fingerprint density at radius 2 is 2.00 bits per heavy atom. The lowest BCUT2D eigenvalue weighted by Crippen LogP contribution is -2.34. The molecule has 0 spiro atoms. The monoisotopic (exact) mass is 213 g/mol. The molecule has 4 nitrogen and oxygen atoms in total. The highest BCUT2D eigenvalue weighted by Gasteiger charge is 2.21. The van der Waals surface area contributed by atoms with E-state index in [0.717, 1.165) is 6.54 Å². The summed E-state index contributed by atoms with van der Waals surface area (Å²) in [5.74, 6) is 0.393. The molecule has 0 radical (unpaired) electrons. The van der Waals surface area contributed by atoms with E-state index in [1.165, 1.54) is 26.4 Å². The van der Waals surface area contributed by atoms with E-state index < -0.39 is 0 Å². The van der Waals surface area contributed by atoms with Crippen molar-refractivity contribution in [2.24, 2.45) is 5.92 Å². The maximum Gasteiger partial charge on any atom is 0.306 e. The van der Waals surface area contributed by atoms with Gasteiger partial charge in [0.2, 0.25) is 5.91 Å². The van der Waals surface area contributed by atoms with Gasteiger partial charge in [0.15, 0.2) is 0 Å². The minimum atomic E-state index is -0.319. The first-order valence-corrected chi connectivity index (χ1v) is 5.44. The largest absolute Gasteiger partial charge is 0.469 e. The molecule has 0 atom stereocenters. The molecule has 1 amide bonds. The smallest absolute Gasteiger partial charge is 0.306 e. The van der Waals surface area contributed by atoms with Gasteiger partial charge in [-0.1, -0.05) is 6.42 Å². The minimum Gasteiger partial charge on any atom is -0.469 e. The molecule has 0 bridgehead atoms. The van der Waals surface area contributed by atoms with Gasteiger partial charge in [0.25, 0.3) is 0 Å². The van der Waals surface area contributed by atoms with E-state index in [-0.39, 0.29) is 24.7 Å². The second-order valence-electron chi connectivity index (χ2n) is 4.15. The predicted octanol–water partition coefficient (Wildman–Crippen LogP) is 1.20. The molecule has 1 fully saturated rings. The summed E-state index contributed by atoms with van der Waals surface area (Å²) in [5, 5.41) is 0. The second kappa shape index (κ2) is 5.73. The van der Waals surface area contributed by atoms with Crippen molar-refractivity contribution < 1.29 is 14.3 Å². The molecule has 1 rings (SSSR count). The van der Waals surface area contributed by atoms with Crippen LogP contribution in [0.1, 0.15) is 32.1 Å². The van der Waals surface area contributed by atoms with Crippen LogP contribution in [0.4, 0.5) is 0 Å². The predicted molar refractivity (Wildman–Crippen MR) is 56.2 cm³/mol. The van der Waals surface area contributed by atoms with Gasteiger partial charge in [-0.05, 0) is 18.8 Å². The van der Waals surface area contributed by atoms with Crippen molar-refractivity contribution >= 4 is 11.9 Å². The Balaban J connectivity index is 2.17. The van der Waals surface area contributed by atoms with Gasteiger partial charge in [0, 0.05) is 20.0 Å². The molecule has 0 saturated heterocycles. The van der Waals surface area contributed by atoms with Crippen LogP contribution in [0, 0.1) is 5.92 Å². The van der Waals surface area contributed by atoms with Crippen molar-refractivity contribution in [3.63, 3.8) is 0 Å². The Labute approximate surface area is 90.6 Å². The standard InChI is InChI=1S/C11H19NO3/c1-12(8-9-4-3-5-9)10(13)6-7-11(14)15-2/h9H,3-8H2,1-2H3.